The van der Waals surface area contributed by atoms with Gasteiger partial charge >= 0.3 is 5.97 Å². The minimum atomic E-state index is -0.830. The topological polar surface area (TPSA) is 29.5 Å². The first-order chi connectivity index (χ1) is 11.8. The van der Waals surface area contributed by atoms with Gasteiger partial charge in [-0.05, 0) is 44.9 Å². The number of hydrogen-bond donors (Lipinski definition) is 0. The summed E-state index contributed by atoms with van der Waals surface area (Å²) in [5.74, 6) is -0.207. The van der Waals surface area contributed by atoms with E-state index < -0.39 is 11.8 Å². The van der Waals surface area contributed by atoms with Crippen LogP contribution in [0.2, 0.25) is 5.02 Å². The molecule has 0 N–H and O–H groups in total. The Balaban J connectivity index is 2.19. The molecule has 0 saturated carbocycles. The van der Waals surface area contributed by atoms with Crippen molar-refractivity contribution >= 4 is 17.6 Å². The summed E-state index contributed by atoms with van der Waals surface area (Å²) < 4.78 is 5.93. The van der Waals surface area contributed by atoms with E-state index in [2.05, 4.69) is 25.7 Å². The summed E-state index contributed by atoms with van der Waals surface area (Å²) in [6.45, 7) is 8.38. The standard InChI is InChI=1S/C21H24ClNO2/c1-5-21(16-11-13-17(22)14-12-16)19(24)25-18(23(21)20(2,3)4)15-9-7-6-8-10-15/h6-14,18H,5H2,1-4H3/t18-,21+/m0/s1. The monoisotopic (exact) mass is 357 g/mol. The number of halogens is 1. The van der Waals surface area contributed by atoms with Crippen LogP contribution in [0.1, 0.15) is 51.5 Å². The smallest absolute Gasteiger partial charge is 0.333 e. The molecule has 0 aliphatic carbocycles. The first-order valence-electron chi connectivity index (χ1n) is 8.62. The van der Waals surface area contributed by atoms with Gasteiger partial charge in [-0.25, -0.2) is 9.69 Å². The van der Waals surface area contributed by atoms with Crippen LogP contribution in [0, 0.1) is 0 Å². The van der Waals surface area contributed by atoms with Gasteiger partial charge in [0.2, 0.25) is 0 Å². The Hall–Kier alpha value is -1.84. The Morgan fingerprint density at radius 3 is 2.20 bits per heavy atom. The summed E-state index contributed by atoms with van der Waals surface area (Å²) in [6.07, 6.45) is 0.206. The third-order valence-electron chi connectivity index (χ3n) is 4.84. The van der Waals surface area contributed by atoms with E-state index in [1.807, 2.05) is 61.5 Å². The molecule has 3 nitrogen and oxygen atoms in total. The maximum absolute atomic E-state index is 13.2. The molecule has 0 amide bonds. The molecule has 0 aromatic heterocycles. The van der Waals surface area contributed by atoms with Crippen LogP contribution >= 0.6 is 11.6 Å². The van der Waals surface area contributed by atoms with Crippen LogP contribution in [-0.2, 0) is 15.1 Å². The molecule has 0 unspecified atom stereocenters. The van der Waals surface area contributed by atoms with Crippen molar-refractivity contribution in [1.82, 2.24) is 4.90 Å². The number of rotatable bonds is 3. The molecular weight excluding hydrogens is 334 g/mol. The lowest BCUT2D eigenvalue weighted by Gasteiger charge is -2.44. The fraction of sp³-hybridized carbons (Fsp3) is 0.381. The molecular formula is C21H24ClNO2. The van der Waals surface area contributed by atoms with Gasteiger partial charge in [0, 0.05) is 16.1 Å². The van der Waals surface area contributed by atoms with E-state index in [0.29, 0.717) is 11.4 Å². The number of carbonyl (C=O) groups is 1. The first kappa shape index (κ1) is 18.0. The van der Waals surface area contributed by atoms with Crippen LogP contribution in [0.15, 0.2) is 54.6 Å². The number of nitrogens with zero attached hydrogens (tertiary/aromatic N) is 1. The summed E-state index contributed by atoms with van der Waals surface area (Å²) in [6, 6.07) is 17.4. The molecule has 3 rings (SSSR count). The van der Waals surface area contributed by atoms with Gasteiger partial charge < -0.3 is 4.74 Å². The highest BCUT2D eigenvalue weighted by atomic mass is 35.5. The lowest BCUT2D eigenvalue weighted by Crippen LogP contribution is -2.54. The van der Waals surface area contributed by atoms with Crippen molar-refractivity contribution in [3.05, 3.63) is 70.7 Å². The van der Waals surface area contributed by atoms with E-state index in [9.17, 15) is 4.79 Å². The zero-order valence-corrected chi connectivity index (χ0v) is 15.9. The van der Waals surface area contributed by atoms with E-state index in [1.165, 1.54) is 0 Å². The fourth-order valence-electron chi connectivity index (χ4n) is 3.81. The second-order valence-electron chi connectivity index (χ2n) is 7.43. The van der Waals surface area contributed by atoms with Crippen LogP contribution in [0.25, 0.3) is 0 Å². The summed E-state index contributed by atoms with van der Waals surface area (Å²) in [7, 11) is 0. The molecule has 1 fully saturated rings. The molecule has 2 aromatic carbocycles. The molecule has 1 aliphatic heterocycles. The van der Waals surface area contributed by atoms with E-state index in [4.69, 9.17) is 16.3 Å². The average molecular weight is 358 g/mol. The van der Waals surface area contributed by atoms with Crippen LogP contribution < -0.4 is 0 Å². The van der Waals surface area contributed by atoms with Crippen LogP contribution in [0.3, 0.4) is 0 Å². The molecule has 0 bridgehead atoms. The second-order valence-corrected chi connectivity index (χ2v) is 7.87. The molecule has 2 aromatic rings. The highest BCUT2D eigenvalue weighted by Gasteiger charge is 2.59. The lowest BCUT2D eigenvalue weighted by molar-refractivity contribution is -0.146. The van der Waals surface area contributed by atoms with Gasteiger partial charge in [0.25, 0.3) is 0 Å². The Morgan fingerprint density at radius 1 is 1.08 bits per heavy atom. The predicted molar refractivity (Wildman–Crippen MR) is 100 cm³/mol. The van der Waals surface area contributed by atoms with Gasteiger partial charge in [0.05, 0.1) is 0 Å². The maximum Gasteiger partial charge on any atom is 0.333 e. The molecule has 1 saturated heterocycles. The van der Waals surface area contributed by atoms with Crippen molar-refractivity contribution in [3.63, 3.8) is 0 Å². The molecule has 4 heteroatoms. The van der Waals surface area contributed by atoms with Gasteiger partial charge in [-0.3, -0.25) is 0 Å². The van der Waals surface area contributed by atoms with Crippen molar-refractivity contribution in [2.75, 3.05) is 0 Å². The minimum absolute atomic E-state index is 0.207. The van der Waals surface area contributed by atoms with Crippen molar-refractivity contribution in [1.29, 1.82) is 0 Å². The Labute approximate surface area is 154 Å². The highest BCUT2D eigenvalue weighted by molar-refractivity contribution is 6.30. The molecule has 1 aliphatic rings. The summed E-state index contributed by atoms with van der Waals surface area (Å²) >= 11 is 6.06. The van der Waals surface area contributed by atoms with Crippen molar-refractivity contribution in [3.8, 4) is 0 Å². The van der Waals surface area contributed by atoms with E-state index >= 15 is 0 Å². The molecule has 25 heavy (non-hydrogen) atoms. The predicted octanol–water partition coefficient (Wildman–Crippen LogP) is 5.30. The van der Waals surface area contributed by atoms with Crippen molar-refractivity contribution in [2.24, 2.45) is 0 Å². The number of benzene rings is 2. The van der Waals surface area contributed by atoms with Crippen molar-refractivity contribution < 1.29 is 9.53 Å². The number of hydrogen-bond acceptors (Lipinski definition) is 3. The third kappa shape index (κ3) is 2.96. The molecule has 0 spiro atoms. The third-order valence-corrected chi connectivity index (χ3v) is 5.09. The SMILES string of the molecule is CC[C@@]1(c2ccc(Cl)cc2)C(=O)O[C@@H](c2ccccc2)N1C(C)(C)C. The largest absolute Gasteiger partial charge is 0.440 e. The van der Waals surface area contributed by atoms with Gasteiger partial charge in [-0.2, -0.15) is 0 Å². The number of esters is 1. The van der Waals surface area contributed by atoms with E-state index in [-0.39, 0.29) is 11.5 Å². The summed E-state index contributed by atoms with van der Waals surface area (Å²) in [4.78, 5) is 15.4. The van der Waals surface area contributed by atoms with Gasteiger partial charge in [-0.15, -0.1) is 0 Å². The average Bonchev–Trinajstić information content (AvgIpc) is 2.90. The Kier molecular flexibility index (Phi) is 4.65. The second kappa shape index (κ2) is 6.47. The molecule has 132 valence electrons. The minimum Gasteiger partial charge on any atom is -0.440 e. The van der Waals surface area contributed by atoms with Crippen molar-refractivity contribution in [2.45, 2.75) is 51.4 Å². The van der Waals surface area contributed by atoms with E-state index in [0.717, 1.165) is 11.1 Å². The first-order valence-corrected chi connectivity index (χ1v) is 9.00. The van der Waals surface area contributed by atoms with Crippen LogP contribution in [0.5, 0.6) is 0 Å². The number of carbonyl (C=O) groups excluding carboxylic acids is 1. The van der Waals surface area contributed by atoms with Crippen LogP contribution in [0.4, 0.5) is 0 Å². The lowest BCUT2D eigenvalue weighted by atomic mass is 9.82. The maximum atomic E-state index is 13.2. The highest BCUT2D eigenvalue weighted by Crippen LogP contribution is 2.50. The summed E-state index contributed by atoms with van der Waals surface area (Å²) in [5, 5.41) is 0.656. The quantitative estimate of drug-likeness (QED) is 0.698. The zero-order valence-electron chi connectivity index (χ0n) is 15.1. The van der Waals surface area contributed by atoms with Gasteiger partial charge in [0.1, 0.15) is 5.54 Å². The fourth-order valence-corrected chi connectivity index (χ4v) is 3.94. The van der Waals surface area contributed by atoms with E-state index in [1.54, 1.807) is 0 Å². The molecule has 1 heterocycles. The summed E-state index contributed by atoms with van der Waals surface area (Å²) in [5.41, 5.74) is 0.791. The normalized spacial score (nSPS) is 24.4. The zero-order chi connectivity index (χ0) is 18.2. The van der Waals surface area contributed by atoms with Gasteiger partial charge in [-0.1, -0.05) is 61.0 Å². The Morgan fingerprint density at radius 2 is 1.68 bits per heavy atom. The number of ether oxygens (including phenoxy) is 1. The van der Waals surface area contributed by atoms with Crippen LogP contribution in [-0.4, -0.2) is 16.4 Å². The number of cyclic esters (lactones) is 1. The molecule has 0 radical (unpaired) electrons. The van der Waals surface area contributed by atoms with Gasteiger partial charge in [0.15, 0.2) is 6.23 Å². The Bertz CT molecular complexity index is 752. The molecule has 2 atom stereocenters.